The molecule has 126 valence electrons. The van der Waals surface area contributed by atoms with Crippen molar-refractivity contribution < 1.29 is 23.1 Å². The highest BCUT2D eigenvalue weighted by molar-refractivity contribution is 5.95. The summed E-state index contributed by atoms with van der Waals surface area (Å²) in [4.78, 5) is 12.0. The first kappa shape index (κ1) is 18.5. The lowest BCUT2D eigenvalue weighted by atomic mass is 10.0. The fraction of sp³-hybridized carbons (Fsp3) is 0.714. The Bertz CT molecular complexity index is 510. The van der Waals surface area contributed by atoms with E-state index >= 15 is 0 Å². The maximum absolute atomic E-state index is 13.1. The Kier molecular flexibility index (Phi) is 5.99. The second-order valence-electron chi connectivity index (χ2n) is 5.80. The van der Waals surface area contributed by atoms with Gasteiger partial charge in [-0.2, -0.15) is 18.3 Å². The fourth-order valence-electron chi connectivity index (χ4n) is 1.96. The molecule has 1 aromatic rings. The van der Waals surface area contributed by atoms with Crippen molar-refractivity contribution in [1.82, 2.24) is 15.1 Å². The number of hydrogen-bond donors (Lipinski definition) is 2. The van der Waals surface area contributed by atoms with Crippen molar-refractivity contribution in [3.05, 3.63) is 17.5 Å². The van der Waals surface area contributed by atoms with Crippen molar-refractivity contribution >= 4 is 5.91 Å². The topological polar surface area (TPSA) is 67.2 Å². The molecule has 22 heavy (non-hydrogen) atoms. The summed E-state index contributed by atoms with van der Waals surface area (Å²) in [6.45, 7) is 6.86. The van der Waals surface area contributed by atoms with Crippen molar-refractivity contribution in [2.24, 2.45) is 5.92 Å². The average molecular weight is 321 g/mol. The van der Waals surface area contributed by atoms with E-state index in [9.17, 15) is 23.1 Å². The number of aromatic nitrogens is 2. The number of rotatable bonds is 6. The van der Waals surface area contributed by atoms with E-state index in [1.54, 1.807) is 13.8 Å². The number of nitrogens with one attached hydrogen (secondary N) is 1. The molecule has 0 fully saturated rings. The molecule has 1 unspecified atom stereocenters. The molecular weight excluding hydrogens is 299 g/mol. The van der Waals surface area contributed by atoms with E-state index in [4.69, 9.17) is 0 Å². The molecule has 0 spiro atoms. The van der Waals surface area contributed by atoms with Crippen LogP contribution in [0.25, 0.3) is 0 Å². The molecule has 0 bridgehead atoms. The molecule has 5 nitrogen and oxygen atoms in total. The van der Waals surface area contributed by atoms with Gasteiger partial charge in [0.05, 0.1) is 17.9 Å². The number of halogens is 3. The Morgan fingerprint density at radius 1 is 1.36 bits per heavy atom. The Morgan fingerprint density at radius 3 is 2.41 bits per heavy atom. The Labute approximate surface area is 127 Å². The van der Waals surface area contributed by atoms with E-state index in [2.05, 4.69) is 10.4 Å². The van der Waals surface area contributed by atoms with Crippen LogP contribution in [0.2, 0.25) is 0 Å². The maximum Gasteiger partial charge on any atom is 0.433 e. The number of aliphatic hydroxyl groups is 1. The standard InChI is InChI=1S/C14H22F3N3O2/c1-8(2)11(21)5-6-18-13(22)10-7-19-20(9(3)4)12(10)14(15,16)17/h7-9,11,21H,5-6H2,1-4H3,(H,18,22). The molecule has 0 saturated carbocycles. The van der Waals surface area contributed by atoms with Gasteiger partial charge in [0.1, 0.15) is 0 Å². The Morgan fingerprint density at radius 2 is 1.95 bits per heavy atom. The molecular formula is C14H22F3N3O2. The van der Waals surface area contributed by atoms with Gasteiger partial charge in [0.15, 0.2) is 5.69 Å². The third-order valence-corrected chi connectivity index (χ3v) is 3.29. The van der Waals surface area contributed by atoms with Gasteiger partial charge in [-0.15, -0.1) is 0 Å². The van der Waals surface area contributed by atoms with Gasteiger partial charge in [-0.05, 0) is 26.2 Å². The summed E-state index contributed by atoms with van der Waals surface area (Å²) >= 11 is 0. The molecule has 1 rings (SSSR count). The number of hydrogen-bond acceptors (Lipinski definition) is 3. The zero-order valence-corrected chi connectivity index (χ0v) is 13.1. The van der Waals surface area contributed by atoms with Crippen molar-refractivity contribution in [2.75, 3.05) is 6.54 Å². The molecule has 0 radical (unpaired) electrons. The molecule has 0 aliphatic carbocycles. The number of carbonyl (C=O) groups is 1. The summed E-state index contributed by atoms with van der Waals surface area (Å²) in [5, 5.41) is 15.7. The van der Waals surface area contributed by atoms with Gasteiger partial charge in [0, 0.05) is 12.6 Å². The van der Waals surface area contributed by atoms with Crippen molar-refractivity contribution in [2.45, 2.75) is 52.4 Å². The largest absolute Gasteiger partial charge is 0.433 e. The first-order valence-corrected chi connectivity index (χ1v) is 7.16. The predicted octanol–water partition coefficient (Wildman–Crippen LogP) is 2.62. The molecule has 0 aliphatic heterocycles. The third kappa shape index (κ3) is 4.46. The van der Waals surface area contributed by atoms with E-state index in [0.29, 0.717) is 0 Å². The van der Waals surface area contributed by atoms with Crippen molar-refractivity contribution in [3.8, 4) is 0 Å². The smallest absolute Gasteiger partial charge is 0.393 e. The highest BCUT2D eigenvalue weighted by Gasteiger charge is 2.40. The Hall–Kier alpha value is -1.57. The van der Waals surface area contributed by atoms with Crippen molar-refractivity contribution in [1.29, 1.82) is 0 Å². The van der Waals surface area contributed by atoms with Crippen LogP contribution in [0, 0.1) is 5.92 Å². The van der Waals surface area contributed by atoms with Crippen LogP contribution in [-0.2, 0) is 6.18 Å². The quantitative estimate of drug-likeness (QED) is 0.846. The van der Waals surface area contributed by atoms with E-state index in [1.165, 1.54) is 0 Å². The number of aliphatic hydroxyl groups excluding tert-OH is 1. The summed E-state index contributed by atoms with van der Waals surface area (Å²) in [5.41, 5.74) is -1.55. The molecule has 2 N–H and O–H groups in total. The van der Waals surface area contributed by atoms with E-state index < -0.39 is 35.5 Å². The first-order valence-electron chi connectivity index (χ1n) is 7.16. The van der Waals surface area contributed by atoms with Crippen molar-refractivity contribution in [3.63, 3.8) is 0 Å². The molecule has 0 aromatic carbocycles. The summed E-state index contributed by atoms with van der Waals surface area (Å²) in [6.07, 6.45) is -4.06. The predicted molar refractivity (Wildman–Crippen MR) is 75.4 cm³/mol. The minimum Gasteiger partial charge on any atom is -0.393 e. The van der Waals surface area contributed by atoms with Crippen LogP contribution in [-0.4, -0.2) is 33.4 Å². The second kappa shape index (κ2) is 7.13. The number of amides is 1. The van der Waals surface area contributed by atoms with Crippen LogP contribution in [0.5, 0.6) is 0 Å². The van der Waals surface area contributed by atoms with Gasteiger partial charge in [0.2, 0.25) is 0 Å². The summed E-state index contributed by atoms with van der Waals surface area (Å²) in [6, 6.07) is -0.513. The molecule has 1 heterocycles. The minimum absolute atomic E-state index is 0.0197. The minimum atomic E-state index is -4.66. The summed E-state index contributed by atoms with van der Waals surface area (Å²) < 4.78 is 40.2. The average Bonchev–Trinajstić information content (AvgIpc) is 2.82. The van der Waals surface area contributed by atoms with Gasteiger partial charge < -0.3 is 10.4 Å². The van der Waals surface area contributed by atoms with Crippen LogP contribution < -0.4 is 5.32 Å². The fourth-order valence-corrected chi connectivity index (χ4v) is 1.96. The van der Waals surface area contributed by atoms with Crippen LogP contribution in [0.4, 0.5) is 13.2 Å². The normalized spacial score (nSPS) is 13.7. The summed E-state index contributed by atoms with van der Waals surface area (Å²) in [7, 11) is 0. The number of carbonyl (C=O) groups excluding carboxylic acids is 1. The lowest BCUT2D eigenvalue weighted by Crippen LogP contribution is -2.30. The molecule has 1 atom stereocenters. The van der Waals surface area contributed by atoms with Crippen LogP contribution in [0.1, 0.15) is 56.2 Å². The van der Waals surface area contributed by atoms with Crippen LogP contribution >= 0.6 is 0 Å². The van der Waals surface area contributed by atoms with Gasteiger partial charge in [-0.3, -0.25) is 9.48 Å². The number of alkyl halides is 3. The maximum atomic E-state index is 13.1. The highest BCUT2D eigenvalue weighted by atomic mass is 19.4. The molecule has 0 aliphatic rings. The number of nitrogens with zero attached hydrogens (tertiary/aromatic N) is 2. The SMILES string of the molecule is CC(C)C(O)CCNC(=O)c1cnn(C(C)C)c1C(F)(F)F. The molecule has 0 saturated heterocycles. The third-order valence-electron chi connectivity index (χ3n) is 3.29. The summed E-state index contributed by atoms with van der Waals surface area (Å²) in [5.74, 6) is -0.818. The highest BCUT2D eigenvalue weighted by Crippen LogP contribution is 2.33. The molecule has 8 heteroatoms. The lowest BCUT2D eigenvalue weighted by Gasteiger charge is -2.16. The van der Waals surface area contributed by atoms with E-state index in [1.807, 2.05) is 13.8 Å². The van der Waals surface area contributed by atoms with Crippen LogP contribution in [0.3, 0.4) is 0 Å². The first-order chi connectivity index (χ1) is 10.1. The monoisotopic (exact) mass is 321 g/mol. The molecule has 1 amide bonds. The second-order valence-corrected chi connectivity index (χ2v) is 5.80. The zero-order chi connectivity index (χ0) is 17.1. The van der Waals surface area contributed by atoms with Crippen LogP contribution in [0.15, 0.2) is 6.20 Å². The zero-order valence-electron chi connectivity index (χ0n) is 13.1. The van der Waals surface area contributed by atoms with Gasteiger partial charge in [-0.25, -0.2) is 0 Å². The Balaban J connectivity index is 2.86. The van der Waals surface area contributed by atoms with Gasteiger partial charge >= 0.3 is 6.18 Å². The van der Waals surface area contributed by atoms with E-state index in [-0.39, 0.29) is 18.9 Å². The molecule has 1 aromatic heterocycles. The van der Waals surface area contributed by atoms with Gasteiger partial charge in [0.25, 0.3) is 5.91 Å². The van der Waals surface area contributed by atoms with Gasteiger partial charge in [-0.1, -0.05) is 13.8 Å². The van der Waals surface area contributed by atoms with E-state index in [0.717, 1.165) is 10.9 Å². The lowest BCUT2D eigenvalue weighted by molar-refractivity contribution is -0.145.